The van der Waals surface area contributed by atoms with Gasteiger partial charge in [-0.3, -0.25) is 0 Å². The van der Waals surface area contributed by atoms with Crippen LogP contribution in [0.5, 0.6) is 0 Å². The van der Waals surface area contributed by atoms with Gasteiger partial charge >= 0.3 is 0 Å². The summed E-state index contributed by atoms with van der Waals surface area (Å²) in [6.45, 7) is 0.687. The van der Waals surface area contributed by atoms with Gasteiger partial charge in [0, 0.05) is 12.0 Å². The molecule has 86 valence electrons. The van der Waals surface area contributed by atoms with Crippen molar-refractivity contribution >= 4 is 21.8 Å². The van der Waals surface area contributed by atoms with Crippen LogP contribution in [0.3, 0.4) is 0 Å². The lowest BCUT2D eigenvalue weighted by Gasteiger charge is -2.34. The zero-order chi connectivity index (χ0) is 11.0. The van der Waals surface area contributed by atoms with Gasteiger partial charge in [0.05, 0.1) is 11.0 Å². The predicted molar refractivity (Wildman–Crippen MR) is 65.7 cm³/mol. The number of aromatic nitrogens is 1. The highest BCUT2D eigenvalue weighted by atomic mass is 32.1. The molecule has 16 heavy (non-hydrogen) atoms. The Hall–Kier alpha value is -0.870. The molecule has 4 heteroatoms. The smallest absolute Gasteiger partial charge is 0.168 e. The summed E-state index contributed by atoms with van der Waals surface area (Å²) in [5.74, 6) is 0. The van der Waals surface area contributed by atoms with E-state index in [1.165, 1.54) is 30.8 Å². The van der Waals surface area contributed by atoms with Crippen molar-refractivity contribution in [2.45, 2.75) is 37.5 Å². The first kappa shape index (κ1) is 10.3. The van der Waals surface area contributed by atoms with E-state index in [0.29, 0.717) is 6.54 Å². The van der Waals surface area contributed by atoms with Gasteiger partial charge in [0.25, 0.3) is 0 Å². The molecule has 0 amide bonds. The maximum atomic E-state index is 6.01. The summed E-state index contributed by atoms with van der Waals surface area (Å²) in [7, 11) is 0. The molecule has 0 bridgehead atoms. The van der Waals surface area contributed by atoms with Crippen molar-refractivity contribution in [1.29, 1.82) is 0 Å². The largest absolute Gasteiger partial charge is 0.461 e. The third kappa shape index (κ3) is 1.40. The molecule has 0 aromatic carbocycles. The molecule has 1 saturated carbocycles. The van der Waals surface area contributed by atoms with Crippen molar-refractivity contribution in [3.63, 3.8) is 0 Å². The van der Waals surface area contributed by atoms with Crippen LogP contribution in [0.25, 0.3) is 10.3 Å². The van der Waals surface area contributed by atoms with E-state index in [1.807, 2.05) is 6.07 Å². The van der Waals surface area contributed by atoms with Gasteiger partial charge in [-0.05, 0) is 30.4 Å². The van der Waals surface area contributed by atoms with Crippen LogP contribution in [-0.2, 0) is 5.41 Å². The Morgan fingerprint density at radius 1 is 1.38 bits per heavy atom. The van der Waals surface area contributed by atoms with Gasteiger partial charge in [-0.2, -0.15) is 4.37 Å². The van der Waals surface area contributed by atoms with Crippen molar-refractivity contribution in [2.75, 3.05) is 6.54 Å². The van der Waals surface area contributed by atoms with Gasteiger partial charge in [-0.1, -0.05) is 19.3 Å². The maximum Gasteiger partial charge on any atom is 0.168 e. The van der Waals surface area contributed by atoms with Gasteiger partial charge in [0.2, 0.25) is 0 Å². The standard InChI is InChI=1S/C12H16N2OS/c13-8-12(5-2-1-3-6-12)11-10-9(16-14-11)4-7-15-10/h4,7H,1-3,5-6,8,13H2. The van der Waals surface area contributed by atoms with Crippen molar-refractivity contribution in [1.82, 2.24) is 4.37 Å². The van der Waals surface area contributed by atoms with Gasteiger partial charge in [-0.15, -0.1) is 0 Å². The van der Waals surface area contributed by atoms with E-state index in [2.05, 4.69) is 4.37 Å². The SMILES string of the molecule is NCC1(c2nsc3ccoc23)CCCCC1. The Balaban J connectivity index is 2.09. The van der Waals surface area contributed by atoms with Gasteiger partial charge in [-0.25, -0.2) is 0 Å². The summed E-state index contributed by atoms with van der Waals surface area (Å²) in [6, 6.07) is 1.99. The summed E-state index contributed by atoms with van der Waals surface area (Å²) in [5, 5.41) is 0. The first-order valence-corrected chi connectivity index (χ1v) is 6.66. The molecule has 2 aromatic heterocycles. The Kier molecular flexibility index (Phi) is 2.48. The van der Waals surface area contributed by atoms with E-state index in [4.69, 9.17) is 10.2 Å². The summed E-state index contributed by atoms with van der Waals surface area (Å²) in [4.78, 5) is 0. The van der Waals surface area contributed by atoms with Crippen LogP contribution < -0.4 is 5.73 Å². The lowest BCUT2D eigenvalue weighted by atomic mass is 9.71. The molecule has 0 saturated heterocycles. The summed E-state index contributed by atoms with van der Waals surface area (Å²) < 4.78 is 11.3. The van der Waals surface area contributed by atoms with Crippen LogP contribution in [0.2, 0.25) is 0 Å². The van der Waals surface area contributed by atoms with Crippen LogP contribution in [0, 0.1) is 0 Å². The van der Waals surface area contributed by atoms with Gasteiger partial charge in [0.15, 0.2) is 5.58 Å². The van der Waals surface area contributed by atoms with E-state index in [0.717, 1.165) is 28.8 Å². The van der Waals surface area contributed by atoms with E-state index in [9.17, 15) is 0 Å². The molecule has 3 nitrogen and oxygen atoms in total. The zero-order valence-corrected chi connectivity index (χ0v) is 10.1. The van der Waals surface area contributed by atoms with Crippen molar-refractivity contribution < 1.29 is 4.42 Å². The van der Waals surface area contributed by atoms with E-state index in [-0.39, 0.29) is 5.41 Å². The second kappa shape index (κ2) is 3.86. The van der Waals surface area contributed by atoms with Crippen molar-refractivity contribution in [3.8, 4) is 0 Å². The van der Waals surface area contributed by atoms with Gasteiger partial charge < -0.3 is 10.2 Å². The number of furan rings is 1. The monoisotopic (exact) mass is 236 g/mol. The fourth-order valence-corrected chi connectivity index (χ4v) is 3.59. The number of hydrogen-bond acceptors (Lipinski definition) is 4. The molecule has 1 aliphatic carbocycles. The Bertz CT molecular complexity index is 482. The molecular formula is C12H16N2OS. The van der Waals surface area contributed by atoms with E-state index >= 15 is 0 Å². The number of fused-ring (bicyclic) bond motifs is 1. The molecule has 0 unspecified atom stereocenters. The fraction of sp³-hybridized carbons (Fsp3) is 0.583. The fourth-order valence-electron chi connectivity index (χ4n) is 2.78. The van der Waals surface area contributed by atoms with Crippen LogP contribution in [0.15, 0.2) is 16.7 Å². The topological polar surface area (TPSA) is 52.0 Å². The molecule has 3 rings (SSSR count). The van der Waals surface area contributed by atoms with E-state index in [1.54, 1.807) is 6.26 Å². The van der Waals surface area contributed by atoms with Crippen LogP contribution in [-0.4, -0.2) is 10.9 Å². The molecule has 0 spiro atoms. The average Bonchev–Trinajstić information content (AvgIpc) is 2.91. The van der Waals surface area contributed by atoms with Crippen LogP contribution >= 0.6 is 11.5 Å². The molecule has 2 N–H and O–H groups in total. The molecule has 0 radical (unpaired) electrons. The lowest BCUT2D eigenvalue weighted by Crippen LogP contribution is -2.37. The highest BCUT2D eigenvalue weighted by Crippen LogP contribution is 2.42. The van der Waals surface area contributed by atoms with Crippen molar-refractivity contribution in [3.05, 3.63) is 18.0 Å². The lowest BCUT2D eigenvalue weighted by molar-refractivity contribution is 0.295. The second-order valence-corrected chi connectivity index (χ2v) is 5.50. The summed E-state index contributed by atoms with van der Waals surface area (Å²) in [6.07, 6.45) is 7.91. The zero-order valence-electron chi connectivity index (χ0n) is 9.24. The number of nitrogens with zero attached hydrogens (tertiary/aromatic N) is 1. The molecular weight excluding hydrogens is 220 g/mol. The molecule has 0 aliphatic heterocycles. The number of nitrogens with two attached hydrogens (primary N) is 1. The first-order chi connectivity index (χ1) is 7.86. The number of rotatable bonds is 2. The summed E-state index contributed by atoms with van der Waals surface area (Å²) in [5.41, 5.74) is 8.17. The molecule has 2 heterocycles. The third-order valence-electron chi connectivity index (χ3n) is 3.78. The van der Waals surface area contributed by atoms with Crippen LogP contribution in [0.4, 0.5) is 0 Å². The quantitative estimate of drug-likeness (QED) is 0.872. The van der Waals surface area contributed by atoms with Crippen LogP contribution in [0.1, 0.15) is 37.8 Å². The number of hydrogen-bond donors (Lipinski definition) is 1. The Morgan fingerprint density at radius 2 is 2.19 bits per heavy atom. The minimum absolute atomic E-state index is 0.0777. The third-order valence-corrected chi connectivity index (χ3v) is 4.58. The highest BCUT2D eigenvalue weighted by molar-refractivity contribution is 7.13. The highest BCUT2D eigenvalue weighted by Gasteiger charge is 2.37. The van der Waals surface area contributed by atoms with Gasteiger partial charge in [0.1, 0.15) is 5.69 Å². The molecule has 2 aromatic rings. The molecule has 1 fully saturated rings. The average molecular weight is 236 g/mol. The minimum atomic E-state index is 0.0777. The second-order valence-electron chi connectivity index (χ2n) is 4.69. The molecule has 0 atom stereocenters. The Morgan fingerprint density at radius 3 is 2.94 bits per heavy atom. The normalized spacial score (nSPS) is 20.3. The Labute approximate surface area is 98.8 Å². The maximum absolute atomic E-state index is 6.01. The summed E-state index contributed by atoms with van der Waals surface area (Å²) >= 11 is 1.53. The molecule has 1 aliphatic rings. The van der Waals surface area contributed by atoms with E-state index < -0.39 is 0 Å². The minimum Gasteiger partial charge on any atom is -0.461 e. The first-order valence-electron chi connectivity index (χ1n) is 5.89. The van der Waals surface area contributed by atoms with Crippen molar-refractivity contribution in [2.24, 2.45) is 5.73 Å². The predicted octanol–water partition coefficient (Wildman–Crippen LogP) is 3.05.